The van der Waals surface area contributed by atoms with Crippen molar-refractivity contribution < 1.29 is 4.79 Å². The van der Waals surface area contributed by atoms with Crippen molar-refractivity contribution in [3.8, 4) is 0 Å². The number of halogens is 1. The molecule has 0 spiro atoms. The van der Waals surface area contributed by atoms with Crippen LogP contribution in [0.15, 0.2) is 40.9 Å². The van der Waals surface area contributed by atoms with Gasteiger partial charge in [-0.2, -0.15) is 0 Å². The fourth-order valence-electron chi connectivity index (χ4n) is 2.75. The van der Waals surface area contributed by atoms with E-state index < -0.39 is 0 Å². The van der Waals surface area contributed by atoms with Crippen LogP contribution in [0.2, 0.25) is 0 Å². The average molecular weight is 345 g/mol. The summed E-state index contributed by atoms with van der Waals surface area (Å²) < 4.78 is 0.828. The molecule has 0 fully saturated rings. The second-order valence-electron chi connectivity index (χ2n) is 5.43. The average Bonchev–Trinajstić information content (AvgIpc) is 2.48. The molecule has 2 aromatic carbocycles. The summed E-state index contributed by atoms with van der Waals surface area (Å²) in [5.41, 5.74) is 10.5. The van der Waals surface area contributed by atoms with Crippen molar-refractivity contribution in [2.75, 3.05) is 17.2 Å². The van der Waals surface area contributed by atoms with Crippen LogP contribution in [-0.2, 0) is 6.42 Å². The van der Waals surface area contributed by atoms with Gasteiger partial charge in [0.25, 0.3) is 5.91 Å². The molecule has 0 aliphatic carbocycles. The Morgan fingerprint density at radius 3 is 2.86 bits per heavy atom. The number of carbonyl (C=O) groups is 1. The van der Waals surface area contributed by atoms with Crippen molar-refractivity contribution in [2.45, 2.75) is 19.8 Å². The third-order valence-electron chi connectivity index (χ3n) is 3.83. The summed E-state index contributed by atoms with van der Waals surface area (Å²) in [7, 11) is 0. The summed E-state index contributed by atoms with van der Waals surface area (Å²) in [6, 6.07) is 11.7. The number of nitrogen functional groups attached to an aromatic ring is 1. The van der Waals surface area contributed by atoms with E-state index in [0.717, 1.165) is 35.1 Å². The molecule has 2 aromatic rings. The van der Waals surface area contributed by atoms with Crippen molar-refractivity contribution in [2.24, 2.45) is 0 Å². The van der Waals surface area contributed by atoms with Crippen molar-refractivity contribution in [1.82, 2.24) is 0 Å². The zero-order chi connectivity index (χ0) is 15.0. The van der Waals surface area contributed by atoms with E-state index in [2.05, 4.69) is 15.9 Å². The largest absolute Gasteiger partial charge is 0.399 e. The van der Waals surface area contributed by atoms with E-state index in [0.29, 0.717) is 11.3 Å². The Hall–Kier alpha value is -1.81. The van der Waals surface area contributed by atoms with Crippen LogP contribution >= 0.6 is 15.9 Å². The maximum absolute atomic E-state index is 12.9. The van der Waals surface area contributed by atoms with Gasteiger partial charge in [-0.3, -0.25) is 4.79 Å². The predicted octanol–water partition coefficient (Wildman–Crippen LogP) is 3.93. The maximum atomic E-state index is 12.9. The van der Waals surface area contributed by atoms with Gasteiger partial charge in [0.15, 0.2) is 0 Å². The fourth-order valence-corrected chi connectivity index (χ4v) is 3.17. The summed E-state index contributed by atoms with van der Waals surface area (Å²) in [5, 5.41) is 0. The van der Waals surface area contributed by atoms with Gasteiger partial charge in [0.1, 0.15) is 0 Å². The predicted molar refractivity (Wildman–Crippen MR) is 89.7 cm³/mol. The molecule has 1 heterocycles. The molecule has 4 heteroatoms. The molecule has 0 radical (unpaired) electrons. The monoisotopic (exact) mass is 344 g/mol. The maximum Gasteiger partial charge on any atom is 0.259 e. The van der Waals surface area contributed by atoms with Crippen LogP contribution < -0.4 is 10.6 Å². The van der Waals surface area contributed by atoms with E-state index in [1.54, 1.807) is 0 Å². The van der Waals surface area contributed by atoms with Crippen LogP contribution in [0.25, 0.3) is 0 Å². The summed E-state index contributed by atoms with van der Waals surface area (Å²) in [6.07, 6.45) is 1.97. The first kappa shape index (κ1) is 14.1. The highest BCUT2D eigenvalue weighted by Gasteiger charge is 2.25. The van der Waals surface area contributed by atoms with Crippen molar-refractivity contribution >= 4 is 33.2 Å². The number of amides is 1. The smallest absolute Gasteiger partial charge is 0.259 e. The zero-order valence-electron chi connectivity index (χ0n) is 11.9. The van der Waals surface area contributed by atoms with Crippen LogP contribution in [0.4, 0.5) is 11.4 Å². The van der Waals surface area contributed by atoms with Gasteiger partial charge in [-0.05, 0) is 65.5 Å². The van der Waals surface area contributed by atoms with Crippen molar-refractivity contribution in [3.63, 3.8) is 0 Å². The highest BCUT2D eigenvalue weighted by molar-refractivity contribution is 9.10. The Kier molecular flexibility index (Phi) is 3.72. The Balaban J connectivity index is 2.04. The lowest BCUT2D eigenvalue weighted by atomic mass is 10.00. The zero-order valence-corrected chi connectivity index (χ0v) is 13.5. The number of carbonyl (C=O) groups excluding carboxylic acids is 1. The van der Waals surface area contributed by atoms with Crippen LogP contribution in [0, 0.1) is 6.92 Å². The molecule has 1 aliphatic rings. The molecule has 21 heavy (non-hydrogen) atoms. The topological polar surface area (TPSA) is 46.3 Å². The van der Waals surface area contributed by atoms with Crippen LogP contribution in [0.1, 0.15) is 27.9 Å². The lowest BCUT2D eigenvalue weighted by Gasteiger charge is -2.30. The first-order valence-electron chi connectivity index (χ1n) is 7.02. The van der Waals surface area contributed by atoms with Gasteiger partial charge < -0.3 is 10.6 Å². The molecule has 0 aromatic heterocycles. The number of aryl methyl sites for hydroxylation is 2. The second-order valence-corrected chi connectivity index (χ2v) is 6.29. The summed E-state index contributed by atoms with van der Waals surface area (Å²) >= 11 is 3.48. The minimum atomic E-state index is 0.0251. The molecule has 0 unspecified atom stereocenters. The molecule has 0 bridgehead atoms. The lowest BCUT2D eigenvalue weighted by Crippen LogP contribution is -2.35. The number of benzene rings is 2. The number of hydrogen-bond donors (Lipinski definition) is 1. The van der Waals surface area contributed by atoms with Gasteiger partial charge in [0, 0.05) is 22.4 Å². The Labute approximate surface area is 132 Å². The summed E-state index contributed by atoms with van der Waals surface area (Å²) in [4.78, 5) is 14.7. The number of fused-ring (bicyclic) bond motifs is 1. The van der Waals surface area contributed by atoms with E-state index in [1.165, 1.54) is 5.56 Å². The normalized spacial score (nSPS) is 13.9. The molecule has 3 rings (SSSR count). The Morgan fingerprint density at radius 1 is 1.24 bits per heavy atom. The molecule has 0 saturated carbocycles. The minimum Gasteiger partial charge on any atom is -0.399 e. The lowest BCUT2D eigenvalue weighted by molar-refractivity contribution is 0.0984. The third kappa shape index (κ3) is 2.68. The number of nitrogens with zero attached hydrogens (tertiary/aromatic N) is 1. The molecule has 0 saturated heterocycles. The molecule has 1 aliphatic heterocycles. The van der Waals surface area contributed by atoms with Gasteiger partial charge in [-0.15, -0.1) is 0 Å². The summed E-state index contributed by atoms with van der Waals surface area (Å²) in [6.45, 7) is 2.72. The van der Waals surface area contributed by atoms with Crippen molar-refractivity contribution in [1.29, 1.82) is 0 Å². The molecule has 1 amide bonds. The number of rotatable bonds is 1. The van der Waals surface area contributed by atoms with E-state index in [-0.39, 0.29) is 5.91 Å². The first-order chi connectivity index (χ1) is 10.1. The summed E-state index contributed by atoms with van der Waals surface area (Å²) in [5.74, 6) is 0.0251. The fraction of sp³-hybridized carbons (Fsp3) is 0.235. The third-order valence-corrected chi connectivity index (χ3v) is 4.52. The Bertz CT molecular complexity index is 712. The molecule has 2 N–H and O–H groups in total. The van der Waals surface area contributed by atoms with Gasteiger partial charge in [0.2, 0.25) is 0 Å². The highest BCUT2D eigenvalue weighted by Crippen LogP contribution is 2.31. The van der Waals surface area contributed by atoms with Gasteiger partial charge in [0.05, 0.1) is 5.56 Å². The minimum absolute atomic E-state index is 0.0251. The van der Waals surface area contributed by atoms with E-state index in [4.69, 9.17) is 5.73 Å². The second kappa shape index (κ2) is 5.53. The van der Waals surface area contributed by atoms with Crippen molar-refractivity contribution in [3.05, 3.63) is 57.6 Å². The van der Waals surface area contributed by atoms with Crippen LogP contribution in [0.3, 0.4) is 0 Å². The SMILES string of the molecule is Cc1ccc(Br)c(C(=O)N2CCCc3ccc(N)cc32)c1. The first-order valence-corrected chi connectivity index (χ1v) is 7.82. The standard InChI is InChI=1S/C17H17BrN2O/c1-11-4-7-15(18)14(9-11)17(21)20-8-2-3-12-5-6-13(19)10-16(12)20/h4-7,9-10H,2-3,8,19H2,1H3. The number of anilines is 2. The number of nitrogens with two attached hydrogens (primary N) is 1. The molecular formula is C17H17BrN2O. The quantitative estimate of drug-likeness (QED) is 0.796. The van der Waals surface area contributed by atoms with Gasteiger partial charge in [-0.25, -0.2) is 0 Å². The molecular weight excluding hydrogens is 328 g/mol. The van der Waals surface area contributed by atoms with Gasteiger partial charge in [-0.1, -0.05) is 17.7 Å². The number of hydrogen-bond acceptors (Lipinski definition) is 2. The van der Waals surface area contributed by atoms with Crippen LogP contribution in [0.5, 0.6) is 0 Å². The Morgan fingerprint density at radius 2 is 2.05 bits per heavy atom. The van der Waals surface area contributed by atoms with Crippen LogP contribution in [-0.4, -0.2) is 12.5 Å². The molecule has 3 nitrogen and oxygen atoms in total. The molecule has 0 atom stereocenters. The van der Waals surface area contributed by atoms with E-state index in [1.807, 2.05) is 48.2 Å². The highest BCUT2D eigenvalue weighted by atomic mass is 79.9. The van der Waals surface area contributed by atoms with E-state index >= 15 is 0 Å². The van der Waals surface area contributed by atoms with E-state index in [9.17, 15) is 4.79 Å². The molecule has 108 valence electrons. The van der Waals surface area contributed by atoms with Gasteiger partial charge >= 0.3 is 0 Å².